The van der Waals surface area contributed by atoms with Gasteiger partial charge < -0.3 is 10.2 Å². The van der Waals surface area contributed by atoms with Crippen LogP contribution in [0.4, 0.5) is 5.69 Å². The summed E-state index contributed by atoms with van der Waals surface area (Å²) in [7, 11) is -4.18. The summed E-state index contributed by atoms with van der Waals surface area (Å²) in [4.78, 5) is 9.56. The third-order valence-corrected chi connectivity index (χ3v) is 5.08. The molecule has 0 bridgehead atoms. The first-order valence-corrected chi connectivity index (χ1v) is 7.35. The molecule has 1 saturated heterocycles. The van der Waals surface area contributed by atoms with E-state index in [2.05, 4.69) is 0 Å². The summed E-state index contributed by atoms with van der Waals surface area (Å²) in [6, 6.07) is 3.20. The number of hydrogen-bond acceptors (Lipinski definition) is 6. The Morgan fingerprint density at radius 2 is 1.85 bits per heavy atom. The van der Waals surface area contributed by atoms with Gasteiger partial charge in [-0.15, -0.1) is 0 Å². The number of nitro groups is 1. The fraction of sp³-hybridized carbons (Fsp3) is 0.400. The van der Waals surface area contributed by atoms with Gasteiger partial charge in [-0.3, -0.25) is 10.1 Å². The summed E-state index contributed by atoms with van der Waals surface area (Å²) in [5, 5.41) is 29.7. The highest BCUT2D eigenvalue weighted by Gasteiger charge is 2.40. The summed E-state index contributed by atoms with van der Waals surface area (Å²) < 4.78 is 25.4. The monoisotopic (exact) mass is 322 g/mol. The van der Waals surface area contributed by atoms with Crippen molar-refractivity contribution in [2.45, 2.75) is 17.1 Å². The Morgan fingerprint density at radius 3 is 2.35 bits per heavy atom. The molecule has 20 heavy (non-hydrogen) atoms. The smallest absolute Gasteiger partial charge is 0.290 e. The summed E-state index contributed by atoms with van der Waals surface area (Å²) in [6.45, 7) is -0.632. The molecule has 0 saturated carbocycles. The van der Waals surface area contributed by atoms with Crippen molar-refractivity contribution >= 4 is 27.3 Å². The molecule has 0 radical (unpaired) electrons. The minimum atomic E-state index is -4.18. The van der Waals surface area contributed by atoms with E-state index in [-0.39, 0.29) is 18.1 Å². The zero-order valence-corrected chi connectivity index (χ0v) is 11.6. The lowest BCUT2D eigenvalue weighted by molar-refractivity contribution is -0.387. The van der Waals surface area contributed by atoms with E-state index in [4.69, 9.17) is 11.6 Å². The molecule has 0 spiro atoms. The molecule has 1 aromatic rings. The van der Waals surface area contributed by atoms with Crippen LogP contribution in [0.15, 0.2) is 23.1 Å². The van der Waals surface area contributed by atoms with Crippen molar-refractivity contribution < 1.29 is 23.6 Å². The number of aliphatic hydroxyl groups is 2. The molecule has 2 atom stereocenters. The van der Waals surface area contributed by atoms with Crippen LogP contribution < -0.4 is 0 Å². The first-order chi connectivity index (χ1) is 9.23. The van der Waals surface area contributed by atoms with Crippen molar-refractivity contribution in [2.75, 3.05) is 13.1 Å². The van der Waals surface area contributed by atoms with Gasteiger partial charge in [0.2, 0.25) is 10.0 Å². The molecule has 1 fully saturated rings. The number of aliphatic hydroxyl groups excluding tert-OH is 2. The maximum absolute atomic E-state index is 12.3. The fourth-order valence-electron chi connectivity index (χ4n) is 1.92. The molecule has 2 rings (SSSR count). The Bertz CT molecular complexity index is 639. The second kappa shape index (κ2) is 5.26. The lowest BCUT2D eigenvalue weighted by Gasteiger charge is -2.15. The normalized spacial score (nSPS) is 23.9. The number of halogens is 1. The van der Waals surface area contributed by atoms with Gasteiger partial charge in [0.15, 0.2) is 4.90 Å². The quantitative estimate of drug-likeness (QED) is 0.595. The Kier molecular flexibility index (Phi) is 3.98. The summed E-state index contributed by atoms with van der Waals surface area (Å²) in [6.07, 6.45) is -2.42. The van der Waals surface area contributed by atoms with Crippen LogP contribution in [0.5, 0.6) is 0 Å². The predicted molar refractivity (Wildman–Crippen MR) is 68.9 cm³/mol. The largest absolute Gasteiger partial charge is 0.389 e. The zero-order valence-electron chi connectivity index (χ0n) is 10.0. The van der Waals surface area contributed by atoms with E-state index < -0.39 is 37.7 Å². The van der Waals surface area contributed by atoms with Gasteiger partial charge in [-0.05, 0) is 12.1 Å². The summed E-state index contributed by atoms with van der Waals surface area (Å²) in [5.74, 6) is 0. The number of rotatable bonds is 3. The number of benzene rings is 1. The van der Waals surface area contributed by atoms with Crippen LogP contribution in [0.1, 0.15) is 0 Å². The molecule has 0 amide bonds. The van der Waals surface area contributed by atoms with Crippen LogP contribution in [-0.2, 0) is 10.0 Å². The first-order valence-electron chi connectivity index (χ1n) is 5.53. The van der Waals surface area contributed by atoms with Crippen LogP contribution in [0.3, 0.4) is 0 Å². The molecule has 0 unspecified atom stereocenters. The van der Waals surface area contributed by atoms with E-state index in [1.165, 1.54) is 6.07 Å². The minimum Gasteiger partial charge on any atom is -0.389 e. The molecule has 2 N–H and O–H groups in total. The maximum atomic E-state index is 12.3. The molecule has 0 aromatic heterocycles. The Morgan fingerprint density at radius 1 is 1.30 bits per heavy atom. The third-order valence-electron chi connectivity index (χ3n) is 2.96. The zero-order chi connectivity index (χ0) is 15.1. The number of nitrogens with zero attached hydrogens (tertiary/aromatic N) is 2. The van der Waals surface area contributed by atoms with Crippen molar-refractivity contribution in [2.24, 2.45) is 0 Å². The molecule has 1 aliphatic heterocycles. The molecular formula is C10H11ClN2O6S. The second-order valence-electron chi connectivity index (χ2n) is 4.33. The topological polar surface area (TPSA) is 121 Å². The van der Waals surface area contributed by atoms with Crippen molar-refractivity contribution in [1.29, 1.82) is 0 Å². The van der Waals surface area contributed by atoms with E-state index in [0.29, 0.717) is 0 Å². The first kappa shape index (κ1) is 15.1. The molecule has 0 aliphatic carbocycles. The number of nitro benzene ring substituents is 1. The van der Waals surface area contributed by atoms with Crippen LogP contribution in [0.2, 0.25) is 5.02 Å². The SMILES string of the molecule is O=[N+]([O-])c1cc(Cl)ccc1S(=O)(=O)N1C[C@@H](O)[C@@H](O)C1. The number of sulfonamides is 1. The molecule has 1 aliphatic rings. The van der Waals surface area contributed by atoms with Crippen LogP contribution in [-0.4, -0.2) is 53.2 Å². The fourth-order valence-corrected chi connectivity index (χ4v) is 3.70. The lowest BCUT2D eigenvalue weighted by atomic mass is 10.3. The van der Waals surface area contributed by atoms with Crippen molar-refractivity contribution in [3.8, 4) is 0 Å². The van der Waals surface area contributed by atoms with Gasteiger partial charge in [0, 0.05) is 24.2 Å². The van der Waals surface area contributed by atoms with Gasteiger partial charge in [0.25, 0.3) is 5.69 Å². The Hall–Kier alpha value is -1.26. The van der Waals surface area contributed by atoms with E-state index in [9.17, 15) is 28.7 Å². The van der Waals surface area contributed by atoms with Gasteiger partial charge in [0.05, 0.1) is 17.1 Å². The highest BCUT2D eigenvalue weighted by molar-refractivity contribution is 7.89. The Balaban J connectivity index is 2.48. The molecule has 1 heterocycles. The van der Waals surface area contributed by atoms with Gasteiger partial charge in [-0.25, -0.2) is 8.42 Å². The molecule has 10 heteroatoms. The van der Waals surface area contributed by atoms with E-state index >= 15 is 0 Å². The summed E-state index contributed by atoms with van der Waals surface area (Å²) >= 11 is 5.62. The van der Waals surface area contributed by atoms with Gasteiger partial charge in [-0.2, -0.15) is 4.31 Å². The Labute approximate surface area is 119 Å². The number of hydrogen-bond donors (Lipinski definition) is 2. The van der Waals surface area contributed by atoms with Crippen LogP contribution in [0.25, 0.3) is 0 Å². The molecule has 1 aromatic carbocycles. The average Bonchev–Trinajstić information content (AvgIpc) is 2.70. The van der Waals surface area contributed by atoms with Crippen LogP contribution >= 0.6 is 11.6 Å². The second-order valence-corrected chi connectivity index (χ2v) is 6.67. The predicted octanol–water partition coefficient (Wildman–Crippen LogP) is -0.0257. The van der Waals surface area contributed by atoms with Crippen molar-refractivity contribution in [3.05, 3.63) is 33.3 Å². The average molecular weight is 323 g/mol. The molecule has 8 nitrogen and oxygen atoms in total. The highest BCUT2D eigenvalue weighted by Crippen LogP contribution is 2.31. The van der Waals surface area contributed by atoms with Gasteiger partial charge >= 0.3 is 0 Å². The van der Waals surface area contributed by atoms with E-state index in [0.717, 1.165) is 16.4 Å². The minimum absolute atomic E-state index is 0.0390. The summed E-state index contributed by atoms with van der Waals surface area (Å²) in [5.41, 5.74) is -0.645. The van der Waals surface area contributed by atoms with E-state index in [1.54, 1.807) is 0 Å². The van der Waals surface area contributed by atoms with Gasteiger partial charge in [-0.1, -0.05) is 11.6 Å². The van der Waals surface area contributed by atoms with Crippen molar-refractivity contribution in [1.82, 2.24) is 4.31 Å². The number of β-amino-alcohol motifs (C(OH)–C–C–N with tert-alkyl or cyclic N) is 2. The molecule has 110 valence electrons. The lowest BCUT2D eigenvalue weighted by Crippen LogP contribution is -2.30. The third kappa shape index (κ3) is 2.63. The van der Waals surface area contributed by atoms with Gasteiger partial charge in [0.1, 0.15) is 0 Å². The van der Waals surface area contributed by atoms with E-state index in [1.807, 2.05) is 0 Å². The van der Waals surface area contributed by atoms with Crippen LogP contribution in [0, 0.1) is 10.1 Å². The standard InChI is InChI=1S/C10H11ClN2O6S/c11-6-1-2-10(7(3-6)13(16)17)20(18,19)12-4-8(14)9(15)5-12/h1-3,8-9,14-15H,4-5H2/t8-,9+. The van der Waals surface area contributed by atoms with Crippen molar-refractivity contribution in [3.63, 3.8) is 0 Å². The molecular weight excluding hydrogens is 312 g/mol. The maximum Gasteiger partial charge on any atom is 0.290 e. The highest BCUT2D eigenvalue weighted by atomic mass is 35.5.